The molecule has 0 spiro atoms. The first-order chi connectivity index (χ1) is 12.6. The van der Waals surface area contributed by atoms with Gasteiger partial charge in [-0.25, -0.2) is 8.78 Å². The third-order valence-corrected chi connectivity index (χ3v) is 5.01. The maximum atomic E-state index is 13.2. The van der Waals surface area contributed by atoms with Crippen LogP contribution in [0.5, 0.6) is 0 Å². The molecule has 5 nitrogen and oxygen atoms in total. The number of carbonyl (C=O) groups excluding carboxylic acids is 1. The summed E-state index contributed by atoms with van der Waals surface area (Å²) >= 11 is 5.86. The molecule has 0 fully saturated rings. The molecule has 0 aromatic heterocycles. The molecular formula is C18H15ClF2NO4P. The molecule has 0 heterocycles. The molecule has 142 valence electrons. The van der Waals surface area contributed by atoms with Crippen molar-refractivity contribution in [3.8, 4) is 0 Å². The number of nitrogens with one attached hydrogen (secondary N) is 1. The Labute approximate surface area is 159 Å². The molecule has 0 radical (unpaired) electrons. The predicted molar refractivity (Wildman–Crippen MR) is 99.9 cm³/mol. The molecule has 0 aliphatic heterocycles. The molecule has 1 amide bonds. The third-order valence-electron chi connectivity index (χ3n) is 3.56. The van der Waals surface area contributed by atoms with Crippen LogP contribution in [0.1, 0.15) is 11.1 Å². The van der Waals surface area contributed by atoms with Gasteiger partial charge in [0.05, 0.1) is 0 Å². The molecule has 2 aromatic rings. The van der Waals surface area contributed by atoms with Crippen molar-refractivity contribution >= 4 is 36.8 Å². The van der Waals surface area contributed by atoms with E-state index in [1.54, 1.807) is 12.1 Å². The van der Waals surface area contributed by atoms with Gasteiger partial charge in [-0.15, -0.1) is 0 Å². The molecule has 0 aliphatic rings. The van der Waals surface area contributed by atoms with E-state index >= 15 is 0 Å². The van der Waals surface area contributed by atoms with E-state index < -0.39 is 30.8 Å². The Morgan fingerprint density at radius 2 is 1.89 bits per heavy atom. The Kier molecular flexibility index (Phi) is 6.68. The van der Waals surface area contributed by atoms with Crippen molar-refractivity contribution in [3.05, 3.63) is 83.0 Å². The Morgan fingerprint density at radius 3 is 2.48 bits per heavy atom. The van der Waals surface area contributed by atoms with Crippen LogP contribution in [-0.2, 0) is 9.36 Å². The summed E-state index contributed by atoms with van der Waals surface area (Å²) < 4.78 is 37.9. The van der Waals surface area contributed by atoms with Crippen molar-refractivity contribution in [2.45, 2.75) is 5.66 Å². The highest BCUT2D eigenvalue weighted by Gasteiger charge is 2.38. The molecule has 0 saturated heterocycles. The normalized spacial score (nSPS) is 12.8. The lowest BCUT2D eigenvalue weighted by Gasteiger charge is -2.19. The van der Waals surface area contributed by atoms with Gasteiger partial charge >= 0.3 is 7.60 Å². The van der Waals surface area contributed by atoms with Gasteiger partial charge in [-0.1, -0.05) is 36.4 Å². The van der Waals surface area contributed by atoms with Crippen LogP contribution in [0.15, 0.2) is 55.2 Å². The van der Waals surface area contributed by atoms with Crippen LogP contribution in [-0.4, -0.2) is 21.4 Å². The van der Waals surface area contributed by atoms with Crippen molar-refractivity contribution in [3.63, 3.8) is 0 Å². The highest BCUT2D eigenvalue weighted by atomic mass is 35.5. The topological polar surface area (TPSA) is 86.6 Å². The average Bonchev–Trinajstić information content (AvgIpc) is 2.57. The third kappa shape index (κ3) is 5.58. The Hall–Kier alpha value is -2.31. The molecule has 2 aromatic carbocycles. The first kappa shape index (κ1) is 21.0. The van der Waals surface area contributed by atoms with Gasteiger partial charge in [0.1, 0.15) is 0 Å². The van der Waals surface area contributed by atoms with Crippen molar-refractivity contribution in [2.75, 3.05) is 0 Å². The second-order valence-corrected chi connectivity index (χ2v) is 7.67. The maximum Gasteiger partial charge on any atom is 0.342 e. The van der Waals surface area contributed by atoms with Crippen molar-refractivity contribution in [1.82, 2.24) is 5.32 Å². The van der Waals surface area contributed by atoms with E-state index in [4.69, 9.17) is 11.6 Å². The van der Waals surface area contributed by atoms with Gasteiger partial charge in [0.15, 0.2) is 17.3 Å². The lowest BCUT2D eigenvalue weighted by atomic mass is 10.0. The van der Waals surface area contributed by atoms with Crippen molar-refractivity contribution in [1.29, 1.82) is 0 Å². The number of hydrogen-bond donors (Lipinski definition) is 3. The standard InChI is InChI=1S/C18H15ClF2NO4P/c1-11(13-3-2-4-14(19)10-13)17(27(24,25)26)18(23)22-8-7-12-5-6-15(20)16(21)9-12/h2-10,17H,1H2,(H,22,23)(H2,24,25,26)/b8-7+/i20-1. The van der Waals surface area contributed by atoms with Crippen molar-refractivity contribution < 1.29 is 27.9 Å². The van der Waals surface area contributed by atoms with Crippen LogP contribution >= 0.6 is 19.2 Å². The Bertz CT molecular complexity index is 958. The lowest BCUT2D eigenvalue weighted by molar-refractivity contribution is -0.119. The summed E-state index contributed by atoms with van der Waals surface area (Å²) in [7, 11) is -4.89. The summed E-state index contributed by atoms with van der Waals surface area (Å²) in [5, 5.41) is 2.53. The number of carbonyl (C=O) groups is 1. The summed E-state index contributed by atoms with van der Waals surface area (Å²) in [6, 6.07) is 9.15. The highest BCUT2D eigenvalue weighted by molar-refractivity contribution is 7.54. The Balaban J connectivity index is 2.20. The maximum absolute atomic E-state index is 13.2. The number of benzene rings is 2. The van der Waals surface area contributed by atoms with Gasteiger partial charge in [-0.2, -0.15) is 0 Å². The summed E-state index contributed by atoms with van der Waals surface area (Å²) in [6.07, 6.45) is 2.32. The fourth-order valence-electron chi connectivity index (χ4n) is 2.28. The van der Waals surface area contributed by atoms with Crippen LogP contribution < -0.4 is 5.32 Å². The fourth-order valence-corrected chi connectivity index (χ4v) is 3.40. The smallest absolute Gasteiger partial charge is 0.332 e. The molecule has 27 heavy (non-hydrogen) atoms. The van der Waals surface area contributed by atoms with Gasteiger partial charge in [0.2, 0.25) is 5.91 Å². The van der Waals surface area contributed by atoms with E-state index in [0.717, 1.165) is 18.3 Å². The van der Waals surface area contributed by atoms with Crippen LogP contribution in [0.2, 0.25) is 5.02 Å². The fraction of sp³-hybridized carbons (Fsp3) is 0.0556. The van der Waals surface area contributed by atoms with E-state index in [2.05, 4.69) is 11.9 Å². The molecule has 1 unspecified atom stereocenters. The minimum atomic E-state index is -4.89. The zero-order valence-electron chi connectivity index (χ0n) is 13.8. The summed E-state index contributed by atoms with van der Waals surface area (Å²) in [6.45, 7) is 3.61. The summed E-state index contributed by atoms with van der Waals surface area (Å²) in [5.74, 6) is -3.09. The predicted octanol–water partition coefficient (Wildman–Crippen LogP) is 3.96. The van der Waals surface area contributed by atoms with Crippen LogP contribution in [0.4, 0.5) is 8.78 Å². The lowest BCUT2D eigenvalue weighted by Crippen LogP contribution is -2.32. The van der Waals surface area contributed by atoms with Gasteiger partial charge in [0.25, 0.3) is 0 Å². The first-order valence-corrected chi connectivity index (χ1v) is 9.57. The number of rotatable bonds is 6. The minimum Gasteiger partial charge on any atom is -0.332 e. The molecule has 2 rings (SSSR count). The zero-order valence-corrected chi connectivity index (χ0v) is 15.4. The van der Waals surface area contributed by atoms with Gasteiger partial charge in [0, 0.05) is 11.2 Å². The highest BCUT2D eigenvalue weighted by Crippen LogP contribution is 2.47. The number of amides is 1. The largest absolute Gasteiger partial charge is 0.342 e. The van der Waals surface area contributed by atoms with E-state index in [0.29, 0.717) is 10.6 Å². The molecule has 9 heteroatoms. The van der Waals surface area contributed by atoms with Crippen LogP contribution in [0.3, 0.4) is 0 Å². The summed E-state index contributed by atoms with van der Waals surface area (Å²) in [4.78, 5) is 31.5. The van der Waals surface area contributed by atoms with Crippen LogP contribution in [0, 0.1) is 11.6 Å². The molecule has 0 saturated carbocycles. The molecule has 0 aliphatic carbocycles. The molecular weight excluding hydrogens is 398 g/mol. The van der Waals surface area contributed by atoms with E-state index in [1.165, 1.54) is 24.3 Å². The second kappa shape index (κ2) is 8.59. The first-order valence-electron chi connectivity index (χ1n) is 7.51. The van der Waals surface area contributed by atoms with E-state index in [1.807, 2.05) is 0 Å². The van der Waals surface area contributed by atoms with Crippen LogP contribution in [0.25, 0.3) is 11.6 Å². The molecule has 1 atom stereocenters. The Morgan fingerprint density at radius 1 is 1.19 bits per heavy atom. The van der Waals surface area contributed by atoms with Gasteiger partial charge in [-0.05, 0) is 47.0 Å². The van der Waals surface area contributed by atoms with Crippen molar-refractivity contribution in [2.24, 2.45) is 0 Å². The average molecular weight is 413 g/mol. The quantitative estimate of drug-likeness (QED) is 0.627. The SMILES string of the molecule is C=C(c1cccc(Cl)c1)C(C(=O)N/C=C/c1ccc([18F])c(F)c1)P(=O)(O)O. The molecule has 0 bridgehead atoms. The summed E-state index contributed by atoms with van der Waals surface area (Å²) in [5.41, 5.74) is -1.40. The van der Waals surface area contributed by atoms with E-state index in [9.17, 15) is 27.9 Å². The zero-order chi connectivity index (χ0) is 20.2. The van der Waals surface area contributed by atoms with Gasteiger partial charge in [-0.3, -0.25) is 9.36 Å². The monoisotopic (exact) mass is 412 g/mol. The minimum absolute atomic E-state index is 0.107. The number of halogens is 3. The number of hydrogen-bond acceptors (Lipinski definition) is 2. The molecule has 3 N–H and O–H groups in total. The van der Waals surface area contributed by atoms with Gasteiger partial charge < -0.3 is 15.1 Å². The second-order valence-electron chi connectivity index (χ2n) is 5.54. The van der Waals surface area contributed by atoms with E-state index in [-0.39, 0.29) is 11.1 Å².